The molecule has 2 N–H and O–H groups in total. The molecule has 3 aromatic rings. The number of aliphatic hydroxyl groups is 1. The van der Waals surface area contributed by atoms with Crippen molar-refractivity contribution in [2.24, 2.45) is 0 Å². The van der Waals surface area contributed by atoms with Crippen LogP contribution in [-0.4, -0.2) is 47.8 Å². The molecule has 7 nitrogen and oxygen atoms in total. The van der Waals surface area contributed by atoms with E-state index in [0.717, 1.165) is 16.7 Å². The van der Waals surface area contributed by atoms with Crippen molar-refractivity contribution in [1.82, 2.24) is 5.32 Å². The average Bonchev–Trinajstić information content (AvgIpc) is 2.94. The molecule has 0 heterocycles. The molecule has 4 atom stereocenters. The third-order valence-electron chi connectivity index (χ3n) is 5.98. The number of ether oxygens (including phenoxy) is 4. The summed E-state index contributed by atoms with van der Waals surface area (Å²) in [4.78, 5) is 13.0. The molecular weight excluding hydrogens is 506 g/mol. The van der Waals surface area contributed by atoms with Gasteiger partial charge in [0.05, 0.1) is 32.5 Å². The van der Waals surface area contributed by atoms with Gasteiger partial charge in [0.1, 0.15) is 23.9 Å². The molecule has 0 saturated heterocycles. The summed E-state index contributed by atoms with van der Waals surface area (Å²) in [5.41, 5.74) is 2.15. The van der Waals surface area contributed by atoms with Crippen LogP contribution in [0.3, 0.4) is 0 Å². The van der Waals surface area contributed by atoms with E-state index in [0.29, 0.717) is 6.61 Å². The number of hydrogen-bond donors (Lipinski definition) is 2. The Morgan fingerprint density at radius 2 is 1.25 bits per heavy atom. The van der Waals surface area contributed by atoms with E-state index in [2.05, 4.69) is 11.9 Å². The minimum absolute atomic E-state index is 0.0860. The molecule has 0 aliphatic heterocycles. The van der Waals surface area contributed by atoms with Crippen molar-refractivity contribution in [2.75, 3.05) is 6.61 Å². The Bertz CT molecular complexity index is 1130. The molecule has 1 amide bonds. The first-order valence-corrected chi connectivity index (χ1v) is 13.5. The van der Waals surface area contributed by atoms with Crippen LogP contribution in [0.5, 0.6) is 0 Å². The van der Waals surface area contributed by atoms with Gasteiger partial charge < -0.3 is 29.4 Å². The topological polar surface area (TPSA) is 86.3 Å². The van der Waals surface area contributed by atoms with Crippen LogP contribution >= 0.6 is 0 Å². The van der Waals surface area contributed by atoms with Crippen molar-refractivity contribution in [3.8, 4) is 0 Å². The van der Waals surface area contributed by atoms with Crippen LogP contribution in [0, 0.1) is 0 Å². The Kier molecular flexibility index (Phi) is 12.4. The van der Waals surface area contributed by atoms with Gasteiger partial charge in [0.25, 0.3) is 0 Å². The number of nitrogens with one attached hydrogen (secondary N) is 1. The van der Waals surface area contributed by atoms with E-state index in [9.17, 15) is 9.90 Å². The molecule has 3 rings (SSSR count). The molecule has 0 aliphatic rings. The van der Waals surface area contributed by atoms with Crippen LogP contribution in [-0.2, 0) is 38.8 Å². The number of hydrogen-bond acceptors (Lipinski definition) is 6. The summed E-state index contributed by atoms with van der Waals surface area (Å²) in [7, 11) is 0. The van der Waals surface area contributed by atoms with Crippen LogP contribution in [0.15, 0.2) is 104 Å². The van der Waals surface area contributed by atoms with Crippen LogP contribution < -0.4 is 5.32 Å². The van der Waals surface area contributed by atoms with Gasteiger partial charge in [-0.15, -0.1) is 6.58 Å². The summed E-state index contributed by atoms with van der Waals surface area (Å²) in [6.07, 6.45) is -1.99. The largest absolute Gasteiger partial charge is 0.444 e. The number of benzene rings is 3. The van der Waals surface area contributed by atoms with Gasteiger partial charge in [-0.1, -0.05) is 97.1 Å². The predicted octanol–water partition coefficient (Wildman–Crippen LogP) is 5.81. The first kappa shape index (κ1) is 31.0. The molecule has 214 valence electrons. The Hall–Kier alpha value is -3.49. The van der Waals surface area contributed by atoms with Crippen molar-refractivity contribution in [2.45, 2.75) is 70.5 Å². The molecule has 0 bridgehead atoms. The summed E-state index contributed by atoms with van der Waals surface area (Å²) in [6.45, 7) is 10.0. The highest BCUT2D eigenvalue weighted by Gasteiger charge is 2.37. The normalized spacial score (nSPS) is 14.5. The van der Waals surface area contributed by atoms with E-state index in [1.807, 2.05) is 91.0 Å². The summed E-state index contributed by atoms with van der Waals surface area (Å²) in [5, 5.41) is 13.9. The summed E-state index contributed by atoms with van der Waals surface area (Å²) in [5.74, 6) is 0. The highest BCUT2D eigenvalue weighted by molar-refractivity contribution is 5.68. The lowest BCUT2D eigenvalue weighted by atomic mass is 10.00. The fourth-order valence-corrected chi connectivity index (χ4v) is 4.05. The maximum absolute atomic E-state index is 13.0. The second-order valence-electron chi connectivity index (χ2n) is 10.5. The van der Waals surface area contributed by atoms with E-state index in [1.165, 1.54) is 6.08 Å². The van der Waals surface area contributed by atoms with Gasteiger partial charge in [0.15, 0.2) is 0 Å². The van der Waals surface area contributed by atoms with Crippen LogP contribution in [0.4, 0.5) is 4.79 Å². The average molecular weight is 548 g/mol. The number of carbonyl (C=O) groups excluding carboxylic acids is 1. The van der Waals surface area contributed by atoms with Crippen molar-refractivity contribution >= 4 is 6.09 Å². The lowest BCUT2D eigenvalue weighted by Crippen LogP contribution is -2.56. The van der Waals surface area contributed by atoms with Gasteiger partial charge in [-0.05, 0) is 37.5 Å². The van der Waals surface area contributed by atoms with Crippen molar-refractivity contribution in [3.05, 3.63) is 120 Å². The monoisotopic (exact) mass is 547 g/mol. The molecule has 40 heavy (non-hydrogen) atoms. The minimum atomic E-state index is -1.08. The molecule has 3 aromatic carbocycles. The highest BCUT2D eigenvalue weighted by Crippen LogP contribution is 2.20. The lowest BCUT2D eigenvalue weighted by Gasteiger charge is -2.36. The van der Waals surface area contributed by atoms with Crippen molar-refractivity contribution < 1.29 is 28.8 Å². The molecule has 0 radical (unpaired) electrons. The molecule has 0 aromatic heterocycles. The van der Waals surface area contributed by atoms with Gasteiger partial charge in [-0.2, -0.15) is 0 Å². The van der Waals surface area contributed by atoms with E-state index >= 15 is 0 Å². The zero-order valence-corrected chi connectivity index (χ0v) is 23.6. The third kappa shape index (κ3) is 10.9. The number of carbonyl (C=O) groups is 1. The standard InChI is InChI=1S/C33H41NO6/c1-5-29(35)31(39-23-27-19-13-8-14-20-27)30(38-22-26-17-11-7-12-18-26)28(34-32(36)40-33(2,3)4)24-37-21-25-15-9-6-10-16-25/h5-20,28-31,35H,1,21-24H2,2-4H3,(H,34,36)/t28-,29?,30+,31+/m1/s1. The SMILES string of the molecule is C=CC(O)[C@H](OCc1ccccc1)[C@@H](OCc1ccccc1)[C@@H](COCc1ccccc1)NC(=O)OC(C)(C)C. The van der Waals surface area contributed by atoms with Gasteiger partial charge in [0, 0.05) is 0 Å². The number of aliphatic hydroxyl groups excluding tert-OH is 1. The quantitative estimate of drug-likeness (QED) is 0.234. The van der Waals surface area contributed by atoms with E-state index in [-0.39, 0.29) is 19.8 Å². The molecule has 0 aliphatic carbocycles. The zero-order chi connectivity index (χ0) is 28.8. The maximum Gasteiger partial charge on any atom is 0.408 e. The van der Waals surface area contributed by atoms with E-state index in [1.54, 1.807) is 20.8 Å². The van der Waals surface area contributed by atoms with Crippen LogP contribution in [0.2, 0.25) is 0 Å². The lowest BCUT2D eigenvalue weighted by molar-refractivity contribution is -0.139. The van der Waals surface area contributed by atoms with Crippen molar-refractivity contribution in [1.29, 1.82) is 0 Å². The second kappa shape index (κ2) is 15.9. The second-order valence-corrected chi connectivity index (χ2v) is 10.5. The molecule has 0 saturated carbocycles. The summed E-state index contributed by atoms with van der Waals surface area (Å²) < 4.78 is 24.3. The molecule has 0 spiro atoms. The fraction of sp³-hybridized carbons (Fsp3) is 0.364. The zero-order valence-electron chi connectivity index (χ0n) is 23.6. The minimum Gasteiger partial charge on any atom is -0.444 e. The number of alkyl carbamates (subject to hydrolysis) is 1. The summed E-state index contributed by atoms with van der Waals surface area (Å²) in [6, 6.07) is 28.4. The maximum atomic E-state index is 13.0. The van der Waals surface area contributed by atoms with Crippen molar-refractivity contribution in [3.63, 3.8) is 0 Å². The Morgan fingerprint density at radius 1 is 0.800 bits per heavy atom. The molecule has 1 unspecified atom stereocenters. The van der Waals surface area contributed by atoms with E-state index < -0.39 is 36.0 Å². The van der Waals surface area contributed by atoms with E-state index in [4.69, 9.17) is 18.9 Å². The van der Waals surface area contributed by atoms with Crippen LogP contribution in [0.1, 0.15) is 37.5 Å². The Balaban J connectivity index is 1.89. The predicted molar refractivity (Wildman–Crippen MR) is 155 cm³/mol. The Morgan fingerprint density at radius 3 is 1.70 bits per heavy atom. The molecule has 7 heteroatoms. The van der Waals surface area contributed by atoms with Gasteiger partial charge in [-0.25, -0.2) is 4.79 Å². The number of rotatable bonds is 15. The van der Waals surface area contributed by atoms with Gasteiger partial charge >= 0.3 is 6.09 Å². The third-order valence-corrected chi connectivity index (χ3v) is 5.98. The highest BCUT2D eigenvalue weighted by atomic mass is 16.6. The first-order chi connectivity index (χ1) is 19.2. The van der Waals surface area contributed by atoms with Gasteiger partial charge in [-0.3, -0.25) is 0 Å². The molecule has 0 fully saturated rings. The summed E-state index contributed by atoms with van der Waals surface area (Å²) >= 11 is 0. The Labute approximate surface area is 237 Å². The first-order valence-electron chi connectivity index (χ1n) is 13.5. The smallest absolute Gasteiger partial charge is 0.408 e. The molecular formula is C33H41NO6. The number of amides is 1. The fourth-order valence-electron chi connectivity index (χ4n) is 4.05. The van der Waals surface area contributed by atoms with Gasteiger partial charge in [0.2, 0.25) is 0 Å². The van der Waals surface area contributed by atoms with Crippen LogP contribution in [0.25, 0.3) is 0 Å².